The minimum absolute atomic E-state index is 0.00522. The molecule has 0 aliphatic heterocycles. The van der Waals surface area contributed by atoms with Crippen molar-refractivity contribution in [3.05, 3.63) is 82.0 Å². The van der Waals surface area contributed by atoms with Crippen LogP contribution in [0.5, 0.6) is 5.88 Å². The quantitative estimate of drug-likeness (QED) is 0.248. The zero-order valence-corrected chi connectivity index (χ0v) is 22.0. The van der Waals surface area contributed by atoms with Crippen molar-refractivity contribution in [3.8, 4) is 5.88 Å². The maximum Gasteiger partial charge on any atom is 0.346 e. The van der Waals surface area contributed by atoms with Gasteiger partial charge >= 0.3 is 5.97 Å². The maximum atomic E-state index is 14.0. The van der Waals surface area contributed by atoms with E-state index in [1.165, 1.54) is 21.5 Å². The fraction of sp³-hybridized carbons (Fsp3) is 0.280. The number of rotatable bonds is 8. The number of carbonyl (C=O) groups is 2. The Morgan fingerprint density at radius 2 is 1.92 bits per heavy atom. The van der Waals surface area contributed by atoms with Crippen LogP contribution in [0.3, 0.4) is 0 Å². The highest BCUT2D eigenvalue weighted by molar-refractivity contribution is 7.90. The summed E-state index contributed by atoms with van der Waals surface area (Å²) in [6.07, 6.45) is 9.36. The number of hydrogen-bond acceptors (Lipinski definition) is 7. The third-order valence-corrected chi connectivity index (χ3v) is 7.81. The van der Waals surface area contributed by atoms with E-state index in [0.717, 1.165) is 19.1 Å². The maximum absolute atomic E-state index is 14.0. The van der Waals surface area contributed by atoms with Gasteiger partial charge in [0.05, 0.1) is 27.7 Å². The van der Waals surface area contributed by atoms with E-state index in [4.69, 9.17) is 16.3 Å². The average molecular weight is 542 g/mol. The summed E-state index contributed by atoms with van der Waals surface area (Å²) in [6.45, 7) is 0.0493. The van der Waals surface area contributed by atoms with E-state index in [0.29, 0.717) is 11.3 Å². The molecule has 0 saturated heterocycles. The molecule has 1 aromatic carbocycles. The van der Waals surface area contributed by atoms with E-state index in [1.807, 2.05) is 0 Å². The molecule has 1 saturated carbocycles. The predicted octanol–water partition coefficient (Wildman–Crippen LogP) is 3.39. The summed E-state index contributed by atoms with van der Waals surface area (Å²) in [4.78, 5) is 26.8. The minimum Gasteiger partial charge on any atom is -0.403 e. The Hall–Kier alpha value is -3.70. The summed E-state index contributed by atoms with van der Waals surface area (Å²) in [5.74, 6) is -1.06. The average Bonchev–Trinajstić information content (AvgIpc) is 3.20. The molecule has 0 N–H and O–H groups in total. The standard InChI is InChI=1S/C25H24ClN5O5S/c1-29-12-9-16(13-29)25(33)36-24-20(22(15-5-6-15)28-30(24)2)23(32)17-7-8-19(37(3,34)35)18(21(17)26)14-31-11-4-10-27-31/h4,7-13,15H,5-6,14H2,1-3H3. The van der Waals surface area contributed by atoms with Crippen LogP contribution in [0, 0.1) is 0 Å². The highest BCUT2D eigenvalue weighted by atomic mass is 35.5. The molecule has 192 valence electrons. The number of esters is 1. The van der Waals surface area contributed by atoms with Crippen molar-refractivity contribution in [1.29, 1.82) is 0 Å². The van der Waals surface area contributed by atoms with E-state index in [2.05, 4.69) is 10.2 Å². The van der Waals surface area contributed by atoms with Gasteiger partial charge in [-0.05, 0) is 37.1 Å². The van der Waals surface area contributed by atoms with Crippen molar-refractivity contribution in [2.75, 3.05) is 6.26 Å². The van der Waals surface area contributed by atoms with Gasteiger partial charge in [-0.2, -0.15) is 10.2 Å². The van der Waals surface area contributed by atoms with Crippen LogP contribution in [-0.2, 0) is 30.5 Å². The van der Waals surface area contributed by atoms with Crippen molar-refractivity contribution in [3.63, 3.8) is 0 Å². The molecule has 0 bridgehead atoms. The minimum atomic E-state index is -3.65. The largest absolute Gasteiger partial charge is 0.403 e. The molecule has 10 nitrogen and oxygen atoms in total. The molecule has 0 spiro atoms. The van der Waals surface area contributed by atoms with Gasteiger partial charge in [-0.15, -0.1) is 0 Å². The summed E-state index contributed by atoms with van der Waals surface area (Å²) in [5.41, 5.74) is 1.34. The van der Waals surface area contributed by atoms with Crippen LogP contribution in [-0.4, -0.2) is 50.6 Å². The van der Waals surface area contributed by atoms with E-state index < -0.39 is 21.6 Å². The second-order valence-electron chi connectivity index (χ2n) is 9.13. The molecule has 4 aromatic rings. The van der Waals surface area contributed by atoms with Gasteiger partial charge in [-0.1, -0.05) is 11.6 Å². The van der Waals surface area contributed by atoms with Crippen molar-refractivity contribution in [2.45, 2.75) is 30.2 Å². The molecular formula is C25H24ClN5O5S. The summed E-state index contributed by atoms with van der Waals surface area (Å²) >= 11 is 6.73. The Balaban J connectivity index is 1.61. The summed E-state index contributed by atoms with van der Waals surface area (Å²) in [5, 5.41) is 8.64. The zero-order chi connectivity index (χ0) is 26.5. The lowest BCUT2D eigenvalue weighted by atomic mass is 9.99. The molecule has 0 amide bonds. The first kappa shape index (κ1) is 25.0. The number of aryl methyl sites for hydroxylation is 2. The highest BCUT2D eigenvalue weighted by Crippen LogP contribution is 2.44. The number of benzene rings is 1. The van der Waals surface area contributed by atoms with Crippen LogP contribution >= 0.6 is 11.6 Å². The lowest BCUT2D eigenvalue weighted by molar-refractivity contribution is 0.0718. The van der Waals surface area contributed by atoms with Crippen molar-refractivity contribution in [1.82, 2.24) is 24.1 Å². The fourth-order valence-corrected chi connectivity index (χ4v) is 5.53. The molecule has 12 heteroatoms. The monoisotopic (exact) mass is 541 g/mol. The van der Waals surface area contributed by atoms with E-state index in [9.17, 15) is 18.0 Å². The Bertz CT molecular complexity index is 1630. The van der Waals surface area contributed by atoms with Gasteiger partial charge in [0.2, 0.25) is 11.7 Å². The molecule has 5 rings (SSSR count). The number of halogens is 1. The van der Waals surface area contributed by atoms with Crippen LogP contribution < -0.4 is 4.74 Å². The van der Waals surface area contributed by atoms with Crippen LogP contribution in [0.25, 0.3) is 0 Å². The molecular weight excluding hydrogens is 518 g/mol. The normalized spacial score (nSPS) is 13.6. The van der Waals surface area contributed by atoms with Gasteiger partial charge in [0.15, 0.2) is 9.84 Å². The predicted molar refractivity (Wildman–Crippen MR) is 135 cm³/mol. The highest BCUT2D eigenvalue weighted by Gasteiger charge is 2.37. The second kappa shape index (κ2) is 9.31. The number of carbonyl (C=O) groups excluding carboxylic acids is 2. The van der Waals surface area contributed by atoms with E-state index in [1.54, 1.807) is 55.6 Å². The number of nitrogens with zero attached hydrogens (tertiary/aromatic N) is 5. The Kier molecular flexibility index (Phi) is 6.28. The summed E-state index contributed by atoms with van der Waals surface area (Å²) < 4.78 is 35.3. The Labute approximate surface area is 218 Å². The first-order chi connectivity index (χ1) is 17.5. The van der Waals surface area contributed by atoms with E-state index in [-0.39, 0.29) is 45.0 Å². The lowest BCUT2D eigenvalue weighted by Gasteiger charge is -2.14. The third-order valence-electron chi connectivity index (χ3n) is 6.19. The topological polar surface area (TPSA) is 118 Å². The molecule has 3 aromatic heterocycles. The van der Waals surface area contributed by atoms with Crippen LogP contribution in [0.15, 0.2) is 53.9 Å². The zero-order valence-electron chi connectivity index (χ0n) is 20.4. The van der Waals surface area contributed by atoms with Crippen molar-refractivity contribution >= 4 is 33.2 Å². The van der Waals surface area contributed by atoms with Crippen molar-refractivity contribution < 1.29 is 22.7 Å². The summed E-state index contributed by atoms with van der Waals surface area (Å²) in [7, 11) is -0.264. The van der Waals surface area contributed by atoms with Gasteiger partial charge in [-0.25, -0.2) is 17.9 Å². The first-order valence-corrected chi connectivity index (χ1v) is 13.8. The molecule has 0 atom stereocenters. The number of sulfone groups is 1. The molecule has 1 aliphatic rings. The number of ether oxygens (including phenoxy) is 1. The molecule has 0 radical (unpaired) electrons. The van der Waals surface area contributed by atoms with Gasteiger partial charge in [0, 0.05) is 62.2 Å². The molecule has 37 heavy (non-hydrogen) atoms. The van der Waals surface area contributed by atoms with Crippen molar-refractivity contribution in [2.24, 2.45) is 14.1 Å². The smallest absolute Gasteiger partial charge is 0.346 e. The number of hydrogen-bond donors (Lipinski definition) is 0. The fourth-order valence-electron chi connectivity index (χ4n) is 4.24. The molecule has 1 fully saturated rings. The Morgan fingerprint density at radius 3 is 2.51 bits per heavy atom. The van der Waals surface area contributed by atoms with Gasteiger partial charge in [-0.3, -0.25) is 9.48 Å². The number of aromatic nitrogens is 5. The summed E-state index contributed by atoms with van der Waals surface area (Å²) in [6, 6.07) is 6.08. The third kappa shape index (κ3) is 4.84. The van der Waals surface area contributed by atoms with Gasteiger partial charge < -0.3 is 9.30 Å². The molecule has 3 heterocycles. The van der Waals surface area contributed by atoms with Crippen LogP contribution in [0.1, 0.15) is 56.3 Å². The first-order valence-electron chi connectivity index (χ1n) is 11.5. The Morgan fingerprint density at radius 1 is 1.16 bits per heavy atom. The van der Waals surface area contributed by atoms with Crippen LogP contribution in [0.4, 0.5) is 0 Å². The molecule has 1 aliphatic carbocycles. The lowest BCUT2D eigenvalue weighted by Crippen LogP contribution is -2.15. The second-order valence-corrected chi connectivity index (χ2v) is 11.5. The molecule has 0 unspecified atom stereocenters. The van der Waals surface area contributed by atoms with E-state index >= 15 is 0 Å². The van der Waals surface area contributed by atoms with Gasteiger partial charge in [0.1, 0.15) is 5.56 Å². The van der Waals surface area contributed by atoms with Crippen LogP contribution in [0.2, 0.25) is 5.02 Å². The SMILES string of the molecule is Cn1ccc(C(=O)Oc2c(C(=O)c3ccc(S(C)(=O)=O)c(Cn4cccn4)c3Cl)c(C3CC3)nn2C)c1. The van der Waals surface area contributed by atoms with Gasteiger partial charge in [0.25, 0.3) is 0 Å². The number of ketones is 1.